The van der Waals surface area contributed by atoms with E-state index in [2.05, 4.69) is 20.8 Å². The van der Waals surface area contributed by atoms with Gasteiger partial charge in [-0.3, -0.25) is 24.1 Å². The van der Waals surface area contributed by atoms with Gasteiger partial charge >= 0.3 is 5.97 Å². The van der Waals surface area contributed by atoms with E-state index >= 15 is 0 Å². The number of rotatable bonds is 10. The number of anilines is 2. The highest BCUT2D eigenvalue weighted by atomic mass is 32.2. The van der Waals surface area contributed by atoms with E-state index in [1.165, 1.54) is 36.1 Å². The normalized spacial score (nSPS) is 18.5. The quantitative estimate of drug-likeness (QED) is 0.173. The molecular formula is C24H24N6O7S3. The number of amides is 3. The molecule has 2 atom stereocenters. The third-order valence-corrected chi connectivity index (χ3v) is 8.56. The third kappa shape index (κ3) is 6.46. The Bertz CT molecular complexity index is 1440. The second kappa shape index (κ2) is 12.5. The molecule has 1 fully saturated rings. The predicted molar refractivity (Wildman–Crippen MR) is 152 cm³/mol. The second-order valence-corrected chi connectivity index (χ2v) is 11.7. The lowest BCUT2D eigenvalue weighted by Crippen LogP contribution is -2.71. The first-order valence-corrected chi connectivity index (χ1v) is 14.6. The smallest absolute Gasteiger partial charge is 0.352 e. The minimum absolute atomic E-state index is 0.0165. The van der Waals surface area contributed by atoms with Crippen molar-refractivity contribution in [3.8, 4) is 0 Å². The fourth-order valence-electron chi connectivity index (χ4n) is 4.09. The standard InChI is InChI=1S/C24H24N6O7S3/c1-11(31)38-10-16(32)26-14-5-3-4-12(7-14)6-13-8-39-22-18(21(34)30(22)19(13)23(35)36)28-20(33)17(29-37-2)15-9-40-24(25)27-15/h3-5,7,9,18,22H,6,8,10H2,1-2H3,(H2,25,27)(H,26,32)(H,28,33)(H,35,36)/b29-17-/t18-,22-/m1/s1. The van der Waals surface area contributed by atoms with Crippen molar-refractivity contribution in [1.82, 2.24) is 15.2 Å². The lowest BCUT2D eigenvalue weighted by Gasteiger charge is -2.49. The van der Waals surface area contributed by atoms with Crippen molar-refractivity contribution in [2.24, 2.45) is 5.16 Å². The van der Waals surface area contributed by atoms with Crippen molar-refractivity contribution >= 4 is 80.2 Å². The number of nitrogens with one attached hydrogen (secondary N) is 2. The molecule has 2 aliphatic rings. The Hall–Kier alpha value is -3.89. The number of carbonyl (C=O) groups excluding carboxylic acids is 4. The van der Waals surface area contributed by atoms with Crippen LogP contribution in [0.25, 0.3) is 0 Å². The molecule has 3 amide bonds. The highest BCUT2D eigenvalue weighted by molar-refractivity contribution is 8.14. The summed E-state index contributed by atoms with van der Waals surface area (Å²) < 4.78 is 0. The number of oxime groups is 1. The monoisotopic (exact) mass is 604 g/mol. The number of aliphatic carboxylic acids is 1. The van der Waals surface area contributed by atoms with Crippen molar-refractivity contribution in [2.75, 3.05) is 29.7 Å². The van der Waals surface area contributed by atoms with E-state index in [1.807, 2.05) is 0 Å². The number of thioether (sulfide) groups is 2. The number of hydrogen-bond donors (Lipinski definition) is 4. The van der Waals surface area contributed by atoms with Gasteiger partial charge in [-0.15, -0.1) is 23.1 Å². The molecule has 0 radical (unpaired) electrons. The zero-order valence-corrected chi connectivity index (χ0v) is 23.7. The highest BCUT2D eigenvalue weighted by Gasteiger charge is 2.54. The largest absolute Gasteiger partial charge is 0.477 e. The lowest BCUT2D eigenvalue weighted by atomic mass is 9.98. The van der Waals surface area contributed by atoms with Gasteiger partial charge in [0.25, 0.3) is 11.8 Å². The van der Waals surface area contributed by atoms with Gasteiger partial charge in [-0.05, 0) is 29.7 Å². The number of thiazole rings is 1. The van der Waals surface area contributed by atoms with Crippen molar-refractivity contribution in [2.45, 2.75) is 24.8 Å². The van der Waals surface area contributed by atoms with Gasteiger partial charge in [0.1, 0.15) is 29.9 Å². The summed E-state index contributed by atoms with van der Waals surface area (Å²) in [6.07, 6.45) is 0.226. The Morgan fingerprint density at radius 3 is 2.75 bits per heavy atom. The Morgan fingerprint density at radius 2 is 2.10 bits per heavy atom. The number of carboxylic acids is 1. The van der Waals surface area contributed by atoms with E-state index < -0.39 is 29.2 Å². The fourth-order valence-corrected chi connectivity index (χ4v) is 6.39. The van der Waals surface area contributed by atoms with Gasteiger partial charge in [0.05, 0.1) is 5.75 Å². The number of β-lactam (4-membered cyclic amide) rings is 1. The van der Waals surface area contributed by atoms with Crippen LogP contribution in [0.1, 0.15) is 18.2 Å². The van der Waals surface area contributed by atoms with E-state index in [4.69, 9.17) is 10.6 Å². The topological polar surface area (TPSA) is 193 Å². The second-order valence-electron chi connectivity index (χ2n) is 8.52. The SMILES string of the molecule is CO/N=C(\C(=O)N[C@@H]1C(=O)N2C(C(=O)O)=C(Cc3cccc(NC(=O)CSC(C)=O)c3)CS[C@H]12)c1csc(N)n1. The minimum atomic E-state index is -1.26. The van der Waals surface area contributed by atoms with Crippen molar-refractivity contribution in [3.63, 3.8) is 0 Å². The zero-order valence-electron chi connectivity index (χ0n) is 21.2. The number of hydrogen-bond acceptors (Lipinski definition) is 12. The Kier molecular flexibility index (Phi) is 9.11. The molecule has 1 aromatic heterocycles. The summed E-state index contributed by atoms with van der Waals surface area (Å²) in [6.45, 7) is 1.38. The minimum Gasteiger partial charge on any atom is -0.477 e. The van der Waals surface area contributed by atoms with Gasteiger partial charge < -0.3 is 26.3 Å². The van der Waals surface area contributed by atoms with Gasteiger partial charge in [-0.25, -0.2) is 9.78 Å². The average molecular weight is 605 g/mol. The predicted octanol–water partition coefficient (Wildman–Crippen LogP) is 1.28. The van der Waals surface area contributed by atoms with Crippen LogP contribution in [0, 0.1) is 0 Å². The number of nitrogens with zero attached hydrogens (tertiary/aromatic N) is 3. The number of benzene rings is 1. The molecule has 5 N–H and O–H groups in total. The Morgan fingerprint density at radius 1 is 1.32 bits per heavy atom. The summed E-state index contributed by atoms with van der Waals surface area (Å²) >= 11 is 3.33. The van der Waals surface area contributed by atoms with E-state index in [0.717, 1.165) is 28.7 Å². The fraction of sp³-hybridized carbons (Fsp3) is 0.292. The van der Waals surface area contributed by atoms with Crippen LogP contribution < -0.4 is 16.4 Å². The molecule has 2 aromatic rings. The average Bonchev–Trinajstić information content (AvgIpc) is 3.34. The number of nitrogen functional groups attached to an aromatic ring is 1. The summed E-state index contributed by atoms with van der Waals surface area (Å²) in [5.41, 5.74) is 7.28. The van der Waals surface area contributed by atoms with Crippen molar-refractivity contribution in [3.05, 3.63) is 52.2 Å². The van der Waals surface area contributed by atoms with E-state index in [0.29, 0.717) is 17.0 Å². The van der Waals surface area contributed by atoms with Crippen LogP contribution in [-0.2, 0) is 35.2 Å². The summed E-state index contributed by atoms with van der Waals surface area (Å²) in [5, 5.41) is 20.0. The first-order chi connectivity index (χ1) is 19.1. The summed E-state index contributed by atoms with van der Waals surface area (Å²) in [6, 6.07) is 5.93. The molecule has 13 nitrogen and oxygen atoms in total. The summed E-state index contributed by atoms with van der Waals surface area (Å²) in [4.78, 5) is 71.4. The molecule has 0 saturated carbocycles. The van der Waals surface area contributed by atoms with Crippen LogP contribution in [-0.4, -0.2) is 79.5 Å². The number of aromatic nitrogens is 1. The summed E-state index contributed by atoms with van der Waals surface area (Å²) in [7, 11) is 1.26. The van der Waals surface area contributed by atoms with Gasteiger partial charge in [0, 0.05) is 23.7 Å². The molecule has 0 spiro atoms. The van der Waals surface area contributed by atoms with Gasteiger partial charge in [0.15, 0.2) is 16.0 Å². The van der Waals surface area contributed by atoms with Crippen molar-refractivity contribution < 1.29 is 33.9 Å². The van der Waals surface area contributed by atoms with Gasteiger partial charge in [-0.2, -0.15) is 0 Å². The molecular weight excluding hydrogens is 581 g/mol. The molecule has 0 unspecified atom stereocenters. The summed E-state index contributed by atoms with van der Waals surface area (Å²) in [5.74, 6) is -2.59. The number of nitrogens with two attached hydrogens (primary N) is 1. The molecule has 40 heavy (non-hydrogen) atoms. The molecule has 16 heteroatoms. The maximum atomic E-state index is 13.1. The molecule has 1 aromatic carbocycles. The van der Waals surface area contributed by atoms with Crippen LogP contribution in [0.2, 0.25) is 0 Å². The Balaban J connectivity index is 1.47. The first-order valence-electron chi connectivity index (χ1n) is 11.6. The molecule has 1 saturated heterocycles. The lowest BCUT2D eigenvalue weighted by molar-refractivity contribution is -0.150. The van der Waals surface area contributed by atoms with E-state index in [9.17, 15) is 29.1 Å². The van der Waals surface area contributed by atoms with Crippen LogP contribution in [0.4, 0.5) is 10.8 Å². The van der Waals surface area contributed by atoms with Gasteiger partial charge in [0.2, 0.25) is 5.91 Å². The Labute approximate surface area is 240 Å². The molecule has 4 rings (SSSR count). The zero-order chi connectivity index (χ0) is 29.0. The van der Waals surface area contributed by atoms with Gasteiger partial charge in [-0.1, -0.05) is 29.1 Å². The molecule has 2 aliphatic heterocycles. The van der Waals surface area contributed by atoms with E-state index in [1.54, 1.807) is 24.3 Å². The molecule has 210 valence electrons. The first kappa shape index (κ1) is 29.1. The van der Waals surface area contributed by atoms with Crippen LogP contribution in [0.15, 0.2) is 46.1 Å². The number of fused-ring (bicyclic) bond motifs is 1. The molecule has 0 aliphatic carbocycles. The highest BCUT2D eigenvalue weighted by Crippen LogP contribution is 2.41. The van der Waals surface area contributed by atoms with Crippen LogP contribution in [0.3, 0.4) is 0 Å². The maximum absolute atomic E-state index is 13.1. The van der Waals surface area contributed by atoms with Crippen LogP contribution in [0.5, 0.6) is 0 Å². The maximum Gasteiger partial charge on any atom is 0.352 e. The molecule has 3 heterocycles. The van der Waals surface area contributed by atoms with Crippen molar-refractivity contribution in [1.29, 1.82) is 0 Å². The number of carboxylic acid groups (broad SMARTS) is 1. The molecule has 0 bridgehead atoms. The van der Waals surface area contributed by atoms with E-state index in [-0.39, 0.29) is 45.4 Å². The third-order valence-electron chi connectivity index (χ3n) is 5.73. The number of carbonyl (C=O) groups is 5. The van der Waals surface area contributed by atoms with Crippen LogP contribution >= 0.6 is 34.9 Å².